The fraction of sp³-hybridized carbons (Fsp3) is 0.462. The van der Waals surface area contributed by atoms with E-state index in [1.807, 2.05) is 6.26 Å². The van der Waals surface area contributed by atoms with Crippen molar-refractivity contribution in [3.8, 4) is 11.8 Å². The van der Waals surface area contributed by atoms with Gasteiger partial charge in [0.1, 0.15) is 5.69 Å². The topological polar surface area (TPSA) is 52.1 Å². The Morgan fingerprint density at radius 1 is 1.44 bits per heavy atom. The second-order valence-electron chi connectivity index (χ2n) is 3.40. The zero-order chi connectivity index (χ0) is 13.4. The maximum absolute atomic E-state index is 11.6. The van der Waals surface area contributed by atoms with Crippen molar-refractivity contribution < 1.29 is 9.53 Å². The maximum Gasteiger partial charge on any atom is 0.357 e. The summed E-state index contributed by atoms with van der Waals surface area (Å²) in [6, 6.07) is 1.57. The molecule has 5 heteroatoms. The largest absolute Gasteiger partial charge is 0.461 e. The number of aromatic nitrogens is 2. The molecule has 1 rings (SSSR count). The number of nitrogens with zero attached hydrogens (tertiary/aromatic N) is 2. The summed E-state index contributed by atoms with van der Waals surface area (Å²) in [5, 5.41) is 0.529. The third kappa shape index (κ3) is 4.38. The van der Waals surface area contributed by atoms with E-state index in [0.29, 0.717) is 17.5 Å². The Morgan fingerprint density at radius 3 is 2.83 bits per heavy atom. The normalized spacial score (nSPS) is 9.50. The van der Waals surface area contributed by atoms with Crippen molar-refractivity contribution in [1.29, 1.82) is 0 Å². The molecule has 0 atom stereocenters. The smallest absolute Gasteiger partial charge is 0.357 e. The zero-order valence-corrected chi connectivity index (χ0v) is 11.6. The molecule has 0 N–H and O–H groups in total. The lowest BCUT2D eigenvalue weighted by Crippen LogP contribution is -2.09. The Hall–Kier alpha value is -1.54. The lowest BCUT2D eigenvalue weighted by atomic mass is 10.3. The fourth-order valence-electron chi connectivity index (χ4n) is 1.17. The fourth-order valence-corrected chi connectivity index (χ4v) is 1.55. The summed E-state index contributed by atoms with van der Waals surface area (Å²) < 4.78 is 4.92. The quantitative estimate of drug-likeness (QED) is 0.362. The van der Waals surface area contributed by atoms with Crippen LogP contribution in [0.5, 0.6) is 0 Å². The highest BCUT2D eigenvalue weighted by Gasteiger charge is 2.11. The van der Waals surface area contributed by atoms with Crippen LogP contribution in [-0.4, -0.2) is 28.8 Å². The molecular weight excluding hydrogens is 248 g/mol. The van der Waals surface area contributed by atoms with E-state index in [9.17, 15) is 4.79 Å². The minimum absolute atomic E-state index is 0.261. The molecule has 0 radical (unpaired) electrons. The van der Waals surface area contributed by atoms with E-state index in [1.165, 1.54) is 11.8 Å². The van der Waals surface area contributed by atoms with Crippen molar-refractivity contribution in [2.75, 3.05) is 12.9 Å². The number of hydrogen-bond acceptors (Lipinski definition) is 5. The number of rotatable bonds is 4. The molecule has 0 aliphatic heterocycles. The molecule has 4 nitrogen and oxygen atoms in total. The van der Waals surface area contributed by atoms with Crippen molar-refractivity contribution in [2.45, 2.75) is 31.8 Å². The zero-order valence-electron chi connectivity index (χ0n) is 10.8. The molecular formula is C13H16N2O2S. The van der Waals surface area contributed by atoms with Crippen molar-refractivity contribution in [3.63, 3.8) is 0 Å². The summed E-state index contributed by atoms with van der Waals surface area (Å²) in [7, 11) is 0. The van der Waals surface area contributed by atoms with E-state index >= 15 is 0 Å². The van der Waals surface area contributed by atoms with Gasteiger partial charge in [-0.05, 0) is 25.5 Å². The van der Waals surface area contributed by atoms with Crippen molar-refractivity contribution in [1.82, 2.24) is 9.97 Å². The first-order chi connectivity index (χ1) is 8.71. The standard InChI is InChI=1S/C13H16N2O2S/c1-4-6-7-8-10-9-11(12(16)17-5-2)15-13(14-10)18-3/h9H,4-6H2,1-3H3. The molecule has 18 heavy (non-hydrogen) atoms. The van der Waals surface area contributed by atoms with Gasteiger partial charge in [-0.3, -0.25) is 0 Å². The van der Waals surface area contributed by atoms with Gasteiger partial charge < -0.3 is 4.74 Å². The molecule has 0 saturated heterocycles. The van der Waals surface area contributed by atoms with Gasteiger partial charge >= 0.3 is 5.97 Å². The molecule has 0 amide bonds. The summed E-state index contributed by atoms with van der Waals surface area (Å²) in [4.78, 5) is 20.0. The van der Waals surface area contributed by atoms with Crippen LogP contribution in [0.25, 0.3) is 0 Å². The van der Waals surface area contributed by atoms with Crippen molar-refractivity contribution in [3.05, 3.63) is 17.5 Å². The van der Waals surface area contributed by atoms with Gasteiger partial charge in [-0.1, -0.05) is 24.6 Å². The van der Waals surface area contributed by atoms with Crippen LogP contribution in [0.3, 0.4) is 0 Å². The molecule has 96 valence electrons. The average molecular weight is 264 g/mol. The Bertz CT molecular complexity index is 478. The molecule has 0 saturated carbocycles. The number of hydrogen-bond donors (Lipinski definition) is 0. The highest BCUT2D eigenvalue weighted by atomic mass is 32.2. The summed E-state index contributed by atoms with van der Waals surface area (Å²) in [6.07, 6.45) is 3.67. The van der Waals surface area contributed by atoms with Crippen LogP contribution in [0.4, 0.5) is 0 Å². The molecule has 0 aliphatic carbocycles. The van der Waals surface area contributed by atoms with Crippen LogP contribution in [0, 0.1) is 11.8 Å². The third-order valence-corrected chi connectivity index (χ3v) is 2.51. The first kappa shape index (κ1) is 14.5. The highest BCUT2D eigenvalue weighted by Crippen LogP contribution is 2.11. The monoisotopic (exact) mass is 264 g/mol. The van der Waals surface area contributed by atoms with Gasteiger partial charge in [0.2, 0.25) is 0 Å². The predicted octanol–water partition coefficient (Wildman–Crippen LogP) is 2.53. The van der Waals surface area contributed by atoms with E-state index in [-0.39, 0.29) is 5.69 Å². The van der Waals surface area contributed by atoms with Crippen molar-refractivity contribution in [2.24, 2.45) is 0 Å². The summed E-state index contributed by atoms with van der Waals surface area (Å²) in [5.41, 5.74) is 0.822. The molecule has 0 spiro atoms. The first-order valence-electron chi connectivity index (χ1n) is 5.80. The van der Waals surface area contributed by atoms with Gasteiger partial charge in [-0.25, -0.2) is 14.8 Å². The van der Waals surface area contributed by atoms with E-state index in [1.54, 1.807) is 13.0 Å². The van der Waals surface area contributed by atoms with Gasteiger partial charge in [0.15, 0.2) is 10.9 Å². The van der Waals surface area contributed by atoms with Crippen LogP contribution in [0.2, 0.25) is 0 Å². The van der Waals surface area contributed by atoms with Crippen LogP contribution in [0.1, 0.15) is 42.9 Å². The van der Waals surface area contributed by atoms with Gasteiger partial charge in [-0.2, -0.15) is 0 Å². The second kappa shape index (κ2) is 7.72. The molecule has 0 aromatic carbocycles. The SMILES string of the molecule is CCCC#Cc1cc(C(=O)OCC)nc(SC)n1. The number of ether oxygens (including phenoxy) is 1. The Kier molecular flexibility index (Phi) is 6.23. The van der Waals surface area contributed by atoms with Crippen molar-refractivity contribution >= 4 is 17.7 Å². The van der Waals surface area contributed by atoms with E-state index in [0.717, 1.165) is 12.8 Å². The number of carbonyl (C=O) groups excluding carboxylic acids is 1. The first-order valence-corrected chi connectivity index (χ1v) is 7.02. The Balaban J connectivity index is 3.02. The Labute approximate surface area is 112 Å². The molecule has 1 aromatic heterocycles. The minimum Gasteiger partial charge on any atom is -0.461 e. The summed E-state index contributed by atoms with van der Waals surface area (Å²) in [6.45, 7) is 4.15. The van der Waals surface area contributed by atoms with Crippen LogP contribution in [0.15, 0.2) is 11.2 Å². The van der Waals surface area contributed by atoms with Crippen LogP contribution in [-0.2, 0) is 4.74 Å². The minimum atomic E-state index is -0.436. The van der Waals surface area contributed by atoms with Crippen LogP contribution >= 0.6 is 11.8 Å². The predicted molar refractivity (Wildman–Crippen MR) is 71.6 cm³/mol. The van der Waals surface area contributed by atoms with Gasteiger partial charge in [0.25, 0.3) is 0 Å². The molecule has 0 unspecified atom stereocenters. The van der Waals surface area contributed by atoms with E-state index < -0.39 is 5.97 Å². The molecule has 0 fully saturated rings. The average Bonchev–Trinajstić information content (AvgIpc) is 2.39. The molecule has 1 heterocycles. The highest BCUT2D eigenvalue weighted by molar-refractivity contribution is 7.98. The third-order valence-electron chi connectivity index (χ3n) is 1.96. The van der Waals surface area contributed by atoms with Crippen LogP contribution < -0.4 is 0 Å². The molecule has 1 aromatic rings. The number of carbonyl (C=O) groups is 1. The second-order valence-corrected chi connectivity index (χ2v) is 4.17. The lowest BCUT2D eigenvalue weighted by molar-refractivity contribution is 0.0518. The molecule has 0 bridgehead atoms. The van der Waals surface area contributed by atoms with E-state index in [2.05, 4.69) is 28.7 Å². The summed E-state index contributed by atoms with van der Waals surface area (Å²) >= 11 is 1.37. The van der Waals surface area contributed by atoms with Gasteiger partial charge in [0.05, 0.1) is 6.61 Å². The lowest BCUT2D eigenvalue weighted by Gasteiger charge is -2.03. The van der Waals surface area contributed by atoms with Gasteiger partial charge in [0, 0.05) is 12.5 Å². The maximum atomic E-state index is 11.6. The number of thioether (sulfide) groups is 1. The summed E-state index contributed by atoms with van der Waals surface area (Å²) in [5.74, 6) is 5.50. The van der Waals surface area contributed by atoms with Gasteiger partial charge in [-0.15, -0.1) is 0 Å². The van der Waals surface area contributed by atoms with E-state index in [4.69, 9.17) is 4.74 Å². The number of esters is 1. The number of unbranched alkanes of at least 4 members (excludes halogenated alkanes) is 1. The molecule has 0 aliphatic rings. The Morgan fingerprint density at radius 2 is 2.22 bits per heavy atom.